The molecule has 0 radical (unpaired) electrons. The molecule has 0 atom stereocenters. The van der Waals surface area contributed by atoms with Gasteiger partial charge in [0.2, 0.25) is 5.91 Å². The average molecular weight is 346 g/mol. The van der Waals surface area contributed by atoms with Crippen LogP contribution in [0.25, 0.3) is 0 Å². The number of carbonyl (C=O) groups excluding carboxylic acids is 2. The Hall–Kier alpha value is -1.11. The van der Waals surface area contributed by atoms with E-state index in [0.29, 0.717) is 0 Å². The van der Waals surface area contributed by atoms with Gasteiger partial charge in [0, 0.05) is 3.57 Å². The molecule has 0 bridgehead atoms. The van der Waals surface area contributed by atoms with Gasteiger partial charge in [0.1, 0.15) is 0 Å². The minimum Gasteiger partial charge on any atom is -0.366 e. The molecule has 4 nitrogen and oxygen atoms in total. The van der Waals surface area contributed by atoms with E-state index >= 15 is 0 Å². The Kier molecular flexibility index (Phi) is 4.50. The number of carbonyl (C=O) groups is 2. The van der Waals surface area contributed by atoms with Gasteiger partial charge in [-0.2, -0.15) is 0 Å². The van der Waals surface area contributed by atoms with Crippen molar-refractivity contribution >= 4 is 34.4 Å². The molecule has 0 aliphatic carbocycles. The molecule has 5 heteroatoms. The molecule has 0 fully saturated rings. The Morgan fingerprint density at radius 2 is 1.76 bits per heavy atom. The van der Waals surface area contributed by atoms with Crippen LogP contribution in [-0.4, -0.2) is 11.8 Å². The molecule has 0 aromatic heterocycles. The lowest BCUT2D eigenvalue weighted by molar-refractivity contribution is 0.0966. The SMILES string of the molecule is CCc1cc(C(N)=O)c(C(N)=O)c(I)c1CC. The Morgan fingerprint density at radius 1 is 1.18 bits per heavy atom. The number of primary amides is 2. The number of hydrogen-bond acceptors (Lipinski definition) is 2. The predicted molar refractivity (Wildman–Crippen MR) is 75.0 cm³/mol. The van der Waals surface area contributed by atoms with Gasteiger partial charge in [0.25, 0.3) is 5.91 Å². The zero-order valence-corrected chi connectivity index (χ0v) is 12.0. The van der Waals surface area contributed by atoms with Gasteiger partial charge in [0.15, 0.2) is 0 Å². The van der Waals surface area contributed by atoms with Crippen molar-refractivity contribution in [3.63, 3.8) is 0 Å². The molecule has 0 heterocycles. The van der Waals surface area contributed by atoms with Gasteiger partial charge in [-0.05, 0) is 52.6 Å². The van der Waals surface area contributed by atoms with Gasteiger partial charge in [-0.15, -0.1) is 0 Å². The van der Waals surface area contributed by atoms with Gasteiger partial charge in [-0.3, -0.25) is 9.59 Å². The molecule has 1 aromatic carbocycles. The lowest BCUT2D eigenvalue weighted by Crippen LogP contribution is -2.23. The number of hydrogen-bond donors (Lipinski definition) is 2. The Bertz CT molecular complexity index is 484. The third-order valence-corrected chi connectivity index (χ3v) is 3.90. The van der Waals surface area contributed by atoms with Crippen LogP contribution in [0.4, 0.5) is 0 Å². The fraction of sp³-hybridized carbons (Fsp3) is 0.333. The minimum atomic E-state index is -0.617. The standard InChI is InChI=1S/C12H15IN2O2/c1-3-6-5-8(11(14)16)9(12(15)17)10(13)7(6)4-2/h5H,3-4H2,1-2H3,(H2,14,16)(H2,15,17). The highest BCUT2D eigenvalue weighted by atomic mass is 127. The molecule has 0 unspecified atom stereocenters. The van der Waals surface area contributed by atoms with Crippen molar-refractivity contribution in [3.8, 4) is 0 Å². The summed E-state index contributed by atoms with van der Waals surface area (Å²) in [6.07, 6.45) is 1.58. The maximum absolute atomic E-state index is 11.4. The molecule has 1 rings (SSSR count). The monoisotopic (exact) mass is 346 g/mol. The van der Waals surface area contributed by atoms with Crippen molar-refractivity contribution in [2.24, 2.45) is 11.5 Å². The number of benzene rings is 1. The maximum atomic E-state index is 11.4. The molecule has 4 N–H and O–H groups in total. The van der Waals surface area contributed by atoms with Crippen LogP contribution in [-0.2, 0) is 12.8 Å². The van der Waals surface area contributed by atoms with Crippen molar-refractivity contribution in [1.29, 1.82) is 0 Å². The first-order chi connectivity index (χ1) is 7.93. The van der Waals surface area contributed by atoms with Crippen LogP contribution in [0, 0.1) is 3.57 Å². The second-order valence-electron chi connectivity index (χ2n) is 3.69. The summed E-state index contributed by atoms with van der Waals surface area (Å²) in [5.74, 6) is -1.23. The summed E-state index contributed by atoms with van der Waals surface area (Å²) in [7, 11) is 0. The van der Waals surface area contributed by atoms with Gasteiger partial charge < -0.3 is 11.5 Å². The Labute approximate surface area is 114 Å². The number of aryl methyl sites for hydroxylation is 1. The van der Waals surface area contributed by atoms with Crippen molar-refractivity contribution < 1.29 is 9.59 Å². The summed E-state index contributed by atoms with van der Waals surface area (Å²) in [6, 6.07) is 1.68. The van der Waals surface area contributed by atoms with Crippen molar-refractivity contribution in [1.82, 2.24) is 0 Å². The number of nitrogens with two attached hydrogens (primary N) is 2. The average Bonchev–Trinajstić information content (AvgIpc) is 2.26. The maximum Gasteiger partial charge on any atom is 0.250 e. The van der Waals surface area contributed by atoms with Crippen LogP contribution in [0.2, 0.25) is 0 Å². The summed E-state index contributed by atoms with van der Waals surface area (Å²) >= 11 is 2.06. The van der Waals surface area contributed by atoms with E-state index < -0.39 is 11.8 Å². The lowest BCUT2D eigenvalue weighted by atomic mass is 9.95. The third-order valence-electron chi connectivity index (χ3n) is 2.71. The summed E-state index contributed by atoms with van der Waals surface area (Å²) in [5, 5.41) is 0. The fourth-order valence-corrected chi connectivity index (χ4v) is 3.16. The molecular weight excluding hydrogens is 331 g/mol. The molecule has 2 amide bonds. The number of amides is 2. The molecule has 92 valence electrons. The van der Waals surface area contributed by atoms with E-state index in [9.17, 15) is 9.59 Å². The molecule has 0 saturated carbocycles. The predicted octanol–water partition coefficient (Wildman–Crippen LogP) is 1.61. The van der Waals surface area contributed by atoms with Crippen LogP contribution in [0.3, 0.4) is 0 Å². The largest absolute Gasteiger partial charge is 0.366 e. The number of halogens is 1. The van der Waals surface area contributed by atoms with E-state index in [1.54, 1.807) is 6.07 Å². The summed E-state index contributed by atoms with van der Waals surface area (Å²) in [4.78, 5) is 22.8. The lowest BCUT2D eigenvalue weighted by Gasteiger charge is -2.14. The second-order valence-corrected chi connectivity index (χ2v) is 4.77. The molecule has 17 heavy (non-hydrogen) atoms. The molecule has 0 aliphatic heterocycles. The van der Waals surface area contributed by atoms with Crippen molar-refractivity contribution in [3.05, 3.63) is 31.9 Å². The van der Waals surface area contributed by atoms with Crippen LogP contribution in [0.15, 0.2) is 6.07 Å². The highest BCUT2D eigenvalue weighted by Crippen LogP contribution is 2.26. The topological polar surface area (TPSA) is 86.2 Å². The van der Waals surface area contributed by atoms with Crippen LogP contribution < -0.4 is 11.5 Å². The second kappa shape index (κ2) is 5.48. The third kappa shape index (κ3) is 2.59. The highest BCUT2D eigenvalue weighted by Gasteiger charge is 2.21. The normalized spacial score (nSPS) is 10.3. The van der Waals surface area contributed by atoms with E-state index in [4.69, 9.17) is 11.5 Å². The Balaban J connectivity index is 3.67. The number of rotatable bonds is 4. The van der Waals surface area contributed by atoms with E-state index in [1.165, 1.54) is 0 Å². The first-order valence-corrected chi connectivity index (χ1v) is 6.45. The first-order valence-electron chi connectivity index (χ1n) is 5.37. The van der Waals surface area contributed by atoms with Gasteiger partial charge in [0.05, 0.1) is 11.1 Å². The van der Waals surface area contributed by atoms with E-state index in [-0.39, 0.29) is 11.1 Å². The molecule has 0 aliphatic rings. The van der Waals surface area contributed by atoms with Crippen LogP contribution >= 0.6 is 22.6 Å². The Morgan fingerprint density at radius 3 is 2.12 bits per heavy atom. The minimum absolute atomic E-state index is 0.218. The van der Waals surface area contributed by atoms with Gasteiger partial charge in [-0.25, -0.2) is 0 Å². The molecule has 1 aromatic rings. The molecule has 0 saturated heterocycles. The quantitative estimate of drug-likeness (QED) is 0.812. The van der Waals surface area contributed by atoms with Crippen molar-refractivity contribution in [2.45, 2.75) is 26.7 Å². The van der Waals surface area contributed by atoms with Crippen LogP contribution in [0.5, 0.6) is 0 Å². The smallest absolute Gasteiger partial charge is 0.250 e. The first kappa shape index (κ1) is 14.0. The molecular formula is C12H15IN2O2. The van der Waals surface area contributed by atoms with Gasteiger partial charge in [-0.1, -0.05) is 13.8 Å². The van der Waals surface area contributed by atoms with E-state index in [0.717, 1.165) is 27.5 Å². The summed E-state index contributed by atoms with van der Waals surface area (Å²) in [6.45, 7) is 4.00. The fourth-order valence-electron chi connectivity index (χ4n) is 1.88. The van der Waals surface area contributed by atoms with E-state index in [1.807, 2.05) is 13.8 Å². The molecule has 0 spiro atoms. The van der Waals surface area contributed by atoms with E-state index in [2.05, 4.69) is 22.6 Å². The van der Waals surface area contributed by atoms with Crippen molar-refractivity contribution in [2.75, 3.05) is 0 Å². The highest BCUT2D eigenvalue weighted by molar-refractivity contribution is 14.1. The summed E-state index contributed by atoms with van der Waals surface area (Å²) in [5.41, 5.74) is 13.2. The zero-order chi connectivity index (χ0) is 13.2. The summed E-state index contributed by atoms with van der Waals surface area (Å²) < 4.78 is 0.741. The van der Waals surface area contributed by atoms with Gasteiger partial charge >= 0.3 is 0 Å². The van der Waals surface area contributed by atoms with Crippen LogP contribution in [0.1, 0.15) is 45.7 Å². The zero-order valence-electron chi connectivity index (χ0n) is 9.84.